The number of benzene rings is 1. The van der Waals surface area contributed by atoms with Crippen LogP contribution in [0.15, 0.2) is 35.4 Å². The fraction of sp³-hybridized carbons (Fsp3) is 0.381. The number of alkyl halides is 3. The Morgan fingerprint density at radius 3 is 2.22 bits per heavy atom. The molecular weight excluding hydrogens is 511 g/mol. The lowest BCUT2D eigenvalue weighted by molar-refractivity contribution is -0.192. The van der Waals surface area contributed by atoms with Gasteiger partial charge >= 0.3 is 18.1 Å². The summed E-state index contributed by atoms with van der Waals surface area (Å²) in [6.07, 6.45) is -1.97. The molecule has 0 aliphatic rings. The van der Waals surface area contributed by atoms with Gasteiger partial charge in [-0.2, -0.15) is 13.2 Å². The molecule has 3 N–H and O–H groups in total. The molecule has 0 bridgehead atoms. The van der Waals surface area contributed by atoms with Crippen molar-refractivity contribution in [2.75, 3.05) is 37.4 Å². The molecule has 2 rings (SSSR count). The molecule has 1 heterocycles. The van der Waals surface area contributed by atoms with E-state index in [0.29, 0.717) is 12.3 Å². The lowest BCUT2D eigenvalue weighted by Gasteiger charge is -2.20. The van der Waals surface area contributed by atoms with Crippen molar-refractivity contribution in [2.45, 2.75) is 30.8 Å². The summed E-state index contributed by atoms with van der Waals surface area (Å²) in [5.41, 5.74) is -0.0682. The zero-order valence-electron chi connectivity index (χ0n) is 19.8. The van der Waals surface area contributed by atoms with Gasteiger partial charge in [-0.05, 0) is 24.6 Å². The van der Waals surface area contributed by atoms with Crippen LogP contribution < -0.4 is 19.1 Å². The number of halogens is 3. The number of sulfonamides is 1. The molecule has 0 aliphatic heterocycles. The highest BCUT2D eigenvalue weighted by Gasteiger charge is 2.38. The summed E-state index contributed by atoms with van der Waals surface area (Å²) in [5.74, 6) is -3.22. The first-order valence-electron chi connectivity index (χ1n) is 10.2. The fourth-order valence-electron chi connectivity index (χ4n) is 2.68. The number of pyridine rings is 1. The Kier molecular flexibility index (Phi) is 10.8. The van der Waals surface area contributed by atoms with Crippen LogP contribution in [0.2, 0.25) is 0 Å². The zero-order chi connectivity index (χ0) is 27.7. The van der Waals surface area contributed by atoms with Crippen LogP contribution in [0.4, 0.5) is 24.7 Å². The Morgan fingerprint density at radius 2 is 1.75 bits per heavy atom. The van der Waals surface area contributed by atoms with Gasteiger partial charge in [0.1, 0.15) is 27.8 Å². The molecule has 0 fully saturated rings. The normalized spacial score (nSPS) is 11.1. The maximum absolute atomic E-state index is 12.9. The monoisotopic (exact) mass is 537 g/mol. The van der Waals surface area contributed by atoms with E-state index in [1.165, 1.54) is 38.6 Å². The minimum Gasteiger partial charge on any atom is -0.497 e. The summed E-state index contributed by atoms with van der Waals surface area (Å²) >= 11 is 0. The summed E-state index contributed by atoms with van der Waals surface area (Å²) in [6, 6.07) is 5.61. The van der Waals surface area contributed by atoms with E-state index in [2.05, 4.69) is 9.71 Å². The second-order valence-electron chi connectivity index (χ2n) is 7.10. The number of anilines is 2. The summed E-state index contributed by atoms with van der Waals surface area (Å²) in [5, 5.41) is 16.7. The van der Waals surface area contributed by atoms with Crippen LogP contribution in [0.25, 0.3) is 0 Å². The number of methoxy groups -OCH3 is 2. The first kappa shape index (κ1) is 30.3. The summed E-state index contributed by atoms with van der Waals surface area (Å²) < 4.78 is 70.0. The SMILES string of the molecule is CCCCN(C)c1ncc(NS(=O)(=O)c2cc(OC)ccc2OC)cc1C(=O)O.O=C(O)C(F)(F)F. The van der Waals surface area contributed by atoms with Gasteiger partial charge in [0.2, 0.25) is 0 Å². The second-order valence-corrected chi connectivity index (χ2v) is 8.75. The van der Waals surface area contributed by atoms with E-state index < -0.39 is 28.1 Å². The van der Waals surface area contributed by atoms with Gasteiger partial charge in [-0.3, -0.25) is 4.72 Å². The number of hydrogen-bond donors (Lipinski definition) is 3. The van der Waals surface area contributed by atoms with Crippen LogP contribution in [-0.2, 0) is 14.8 Å². The number of hydrogen-bond acceptors (Lipinski definition) is 8. The number of aromatic carboxylic acids is 1. The molecule has 36 heavy (non-hydrogen) atoms. The Hall–Kier alpha value is -3.75. The number of carboxylic acids is 2. The van der Waals surface area contributed by atoms with Crippen molar-refractivity contribution in [3.63, 3.8) is 0 Å². The van der Waals surface area contributed by atoms with Gasteiger partial charge in [-0.15, -0.1) is 0 Å². The predicted octanol–water partition coefficient (Wildman–Crippen LogP) is 3.47. The molecule has 0 atom stereocenters. The fourth-order valence-corrected chi connectivity index (χ4v) is 3.90. The average Bonchev–Trinajstić information content (AvgIpc) is 2.81. The van der Waals surface area contributed by atoms with Gasteiger partial charge in [0.05, 0.1) is 26.1 Å². The second kappa shape index (κ2) is 12.8. The van der Waals surface area contributed by atoms with E-state index in [9.17, 15) is 31.5 Å². The van der Waals surface area contributed by atoms with Crippen molar-refractivity contribution in [1.29, 1.82) is 0 Å². The Balaban J connectivity index is 0.000000809. The number of nitrogens with one attached hydrogen (secondary N) is 1. The first-order chi connectivity index (χ1) is 16.7. The number of unbranched alkanes of at least 4 members (excludes halogenated alkanes) is 1. The summed E-state index contributed by atoms with van der Waals surface area (Å²) in [6.45, 7) is 2.67. The van der Waals surface area contributed by atoms with Gasteiger partial charge in [0, 0.05) is 19.7 Å². The number of carboxylic acid groups (broad SMARTS) is 2. The number of rotatable bonds is 10. The smallest absolute Gasteiger partial charge is 0.490 e. The molecule has 1 aromatic carbocycles. The molecule has 0 spiro atoms. The van der Waals surface area contributed by atoms with Crippen LogP contribution in [0.3, 0.4) is 0 Å². The molecule has 0 amide bonds. The molecule has 15 heteroatoms. The molecule has 0 radical (unpaired) electrons. The van der Waals surface area contributed by atoms with Crippen LogP contribution in [-0.4, -0.2) is 69.5 Å². The van der Waals surface area contributed by atoms with Crippen molar-refractivity contribution in [3.8, 4) is 11.5 Å². The van der Waals surface area contributed by atoms with E-state index in [-0.39, 0.29) is 27.7 Å². The van der Waals surface area contributed by atoms with Crippen molar-refractivity contribution in [1.82, 2.24) is 4.98 Å². The van der Waals surface area contributed by atoms with E-state index in [4.69, 9.17) is 19.4 Å². The summed E-state index contributed by atoms with van der Waals surface area (Å²) in [7, 11) is 0.438. The highest BCUT2D eigenvalue weighted by molar-refractivity contribution is 7.92. The van der Waals surface area contributed by atoms with Gasteiger partial charge in [-0.1, -0.05) is 13.3 Å². The molecule has 0 saturated carbocycles. The van der Waals surface area contributed by atoms with Gasteiger partial charge in [0.25, 0.3) is 10.0 Å². The van der Waals surface area contributed by atoms with Gasteiger partial charge in [0.15, 0.2) is 0 Å². The first-order valence-corrected chi connectivity index (χ1v) is 11.7. The maximum Gasteiger partial charge on any atom is 0.490 e. The number of carbonyl (C=O) groups is 2. The lowest BCUT2D eigenvalue weighted by Crippen LogP contribution is -2.23. The van der Waals surface area contributed by atoms with Gasteiger partial charge in [-0.25, -0.2) is 23.0 Å². The van der Waals surface area contributed by atoms with E-state index in [0.717, 1.165) is 12.8 Å². The molecular formula is C21H26F3N3O8S. The predicted molar refractivity (Wildman–Crippen MR) is 123 cm³/mol. The van der Waals surface area contributed by atoms with Crippen molar-refractivity contribution < 1.29 is 50.9 Å². The molecule has 0 unspecified atom stereocenters. The van der Waals surface area contributed by atoms with Crippen molar-refractivity contribution in [2.24, 2.45) is 0 Å². The topological polar surface area (TPSA) is 155 Å². The van der Waals surface area contributed by atoms with Crippen LogP contribution in [0.1, 0.15) is 30.1 Å². The highest BCUT2D eigenvalue weighted by atomic mass is 32.2. The Bertz CT molecular complexity index is 1170. The molecule has 200 valence electrons. The van der Waals surface area contributed by atoms with Crippen LogP contribution in [0, 0.1) is 0 Å². The van der Waals surface area contributed by atoms with Crippen LogP contribution in [0.5, 0.6) is 11.5 Å². The van der Waals surface area contributed by atoms with E-state index in [1.807, 2.05) is 6.92 Å². The Labute approximate surface area is 205 Å². The number of aliphatic carboxylic acids is 1. The molecule has 1 aromatic heterocycles. The van der Waals surface area contributed by atoms with E-state index >= 15 is 0 Å². The number of nitrogens with zero attached hydrogens (tertiary/aromatic N) is 2. The van der Waals surface area contributed by atoms with Crippen molar-refractivity contribution >= 4 is 33.5 Å². The molecule has 0 aliphatic carbocycles. The molecule has 2 aromatic rings. The minimum atomic E-state index is -5.08. The van der Waals surface area contributed by atoms with Crippen LogP contribution >= 0.6 is 0 Å². The largest absolute Gasteiger partial charge is 0.497 e. The average molecular weight is 538 g/mol. The number of ether oxygens (including phenoxy) is 2. The molecule has 11 nitrogen and oxygen atoms in total. The Morgan fingerprint density at radius 1 is 1.14 bits per heavy atom. The maximum atomic E-state index is 12.9. The third-order valence-corrected chi connectivity index (χ3v) is 5.86. The third kappa shape index (κ3) is 8.48. The zero-order valence-corrected chi connectivity index (χ0v) is 20.6. The number of aromatic nitrogens is 1. The summed E-state index contributed by atoms with van der Waals surface area (Å²) in [4.78, 5) is 26.4. The third-order valence-electron chi connectivity index (χ3n) is 4.46. The molecule has 0 saturated heterocycles. The quantitative estimate of drug-likeness (QED) is 0.410. The standard InChI is InChI=1S/C19H25N3O6S.C2HF3O2/c1-5-6-9-22(2)18-15(19(23)24)10-13(12-20-18)21-29(25,26)17-11-14(27-3)7-8-16(17)28-4;3-2(4,5)1(6)7/h7-8,10-12,21H,5-6,9H2,1-4H3,(H,23,24);(H,6,7). The van der Waals surface area contributed by atoms with E-state index in [1.54, 1.807) is 18.0 Å². The van der Waals surface area contributed by atoms with Crippen molar-refractivity contribution in [3.05, 3.63) is 36.0 Å². The highest BCUT2D eigenvalue weighted by Crippen LogP contribution is 2.30. The lowest BCUT2D eigenvalue weighted by atomic mass is 10.2. The van der Waals surface area contributed by atoms with Gasteiger partial charge < -0.3 is 24.6 Å². The minimum absolute atomic E-state index is 0.0277.